The Morgan fingerprint density at radius 2 is 1.78 bits per heavy atom. The van der Waals surface area contributed by atoms with Crippen molar-refractivity contribution in [3.05, 3.63) is 65.2 Å². The molecule has 0 saturated heterocycles. The average Bonchev–Trinajstić information content (AvgIpc) is 2.74. The van der Waals surface area contributed by atoms with E-state index in [-0.39, 0.29) is 11.6 Å². The summed E-state index contributed by atoms with van der Waals surface area (Å²) in [5, 5.41) is 0. The fourth-order valence-corrected chi connectivity index (χ4v) is 2.28. The molecule has 0 fully saturated rings. The third kappa shape index (κ3) is 1.92. The van der Waals surface area contributed by atoms with Gasteiger partial charge in [0.05, 0.1) is 5.69 Å². The number of aliphatic imine (C=N–C) groups is 1. The zero-order valence-corrected chi connectivity index (χ0v) is 9.66. The summed E-state index contributed by atoms with van der Waals surface area (Å²) in [6.07, 6.45) is 1.36. The fraction of sp³-hybridized carbons (Fsp3) is 0.133. The Morgan fingerprint density at radius 3 is 2.61 bits per heavy atom. The molecule has 0 aromatic heterocycles. The van der Waals surface area contributed by atoms with Crippen LogP contribution in [0.25, 0.3) is 0 Å². The maximum absolute atomic E-state index is 13.6. The Kier molecular flexibility index (Phi) is 2.67. The lowest BCUT2D eigenvalue weighted by molar-refractivity contribution is 0.613. The van der Waals surface area contributed by atoms with Crippen molar-refractivity contribution in [2.24, 2.45) is 4.99 Å². The molecule has 0 saturated carbocycles. The van der Waals surface area contributed by atoms with Crippen LogP contribution in [0.5, 0.6) is 0 Å². The number of benzene rings is 2. The standard InChI is InChI=1S/C15H11F2N/c16-10-3-1-4-11(9-10)18-15-8-7-12-13(15)5-2-6-14(12)17/h1-6,9H,7-8H2. The maximum atomic E-state index is 13.6. The monoisotopic (exact) mass is 243 g/mol. The minimum atomic E-state index is -0.311. The van der Waals surface area contributed by atoms with E-state index in [2.05, 4.69) is 4.99 Å². The summed E-state index contributed by atoms with van der Waals surface area (Å²) in [4.78, 5) is 4.41. The summed E-state index contributed by atoms with van der Waals surface area (Å²) in [5.74, 6) is -0.494. The number of rotatable bonds is 1. The van der Waals surface area contributed by atoms with E-state index < -0.39 is 0 Å². The number of nitrogens with zero attached hydrogens (tertiary/aromatic N) is 1. The van der Waals surface area contributed by atoms with Gasteiger partial charge in [-0.25, -0.2) is 8.78 Å². The molecule has 0 aliphatic heterocycles. The predicted octanol–water partition coefficient (Wildman–Crippen LogP) is 4.03. The van der Waals surface area contributed by atoms with Crippen molar-refractivity contribution in [2.75, 3.05) is 0 Å². The van der Waals surface area contributed by atoms with Crippen molar-refractivity contribution < 1.29 is 8.78 Å². The van der Waals surface area contributed by atoms with E-state index >= 15 is 0 Å². The van der Waals surface area contributed by atoms with E-state index in [1.165, 1.54) is 18.2 Å². The molecule has 0 radical (unpaired) electrons. The molecule has 0 unspecified atom stereocenters. The van der Waals surface area contributed by atoms with Crippen molar-refractivity contribution in [3.63, 3.8) is 0 Å². The molecule has 3 rings (SSSR count). The smallest absolute Gasteiger partial charge is 0.127 e. The minimum absolute atomic E-state index is 0.183. The predicted molar refractivity (Wildman–Crippen MR) is 67.3 cm³/mol. The van der Waals surface area contributed by atoms with E-state index in [4.69, 9.17) is 0 Å². The van der Waals surface area contributed by atoms with Crippen molar-refractivity contribution in [1.29, 1.82) is 0 Å². The highest BCUT2D eigenvalue weighted by Crippen LogP contribution is 2.27. The molecule has 1 nitrogen and oxygen atoms in total. The van der Waals surface area contributed by atoms with Crippen molar-refractivity contribution in [2.45, 2.75) is 12.8 Å². The Balaban J connectivity index is 2.04. The minimum Gasteiger partial charge on any atom is -0.253 e. The van der Waals surface area contributed by atoms with Crippen LogP contribution in [-0.2, 0) is 6.42 Å². The second kappa shape index (κ2) is 4.33. The van der Waals surface area contributed by atoms with E-state index in [1.807, 2.05) is 6.07 Å². The van der Waals surface area contributed by atoms with Crippen LogP contribution in [0, 0.1) is 11.6 Å². The van der Waals surface area contributed by atoms with Gasteiger partial charge in [-0.2, -0.15) is 0 Å². The van der Waals surface area contributed by atoms with Crippen LogP contribution in [0.4, 0.5) is 14.5 Å². The fourth-order valence-electron chi connectivity index (χ4n) is 2.28. The molecule has 1 aliphatic carbocycles. The van der Waals surface area contributed by atoms with Gasteiger partial charge in [0.25, 0.3) is 0 Å². The highest BCUT2D eigenvalue weighted by Gasteiger charge is 2.20. The van der Waals surface area contributed by atoms with Crippen LogP contribution in [0.3, 0.4) is 0 Å². The highest BCUT2D eigenvalue weighted by atomic mass is 19.1. The maximum Gasteiger partial charge on any atom is 0.127 e. The first-order valence-electron chi connectivity index (χ1n) is 5.85. The molecule has 0 heterocycles. The molecule has 1 aliphatic rings. The number of hydrogen-bond acceptors (Lipinski definition) is 1. The van der Waals surface area contributed by atoms with Gasteiger partial charge in [0.1, 0.15) is 11.6 Å². The summed E-state index contributed by atoms with van der Waals surface area (Å²) in [6.45, 7) is 0. The molecule has 0 N–H and O–H groups in total. The Bertz CT molecular complexity index is 632. The molecule has 18 heavy (non-hydrogen) atoms. The van der Waals surface area contributed by atoms with Crippen molar-refractivity contribution in [3.8, 4) is 0 Å². The van der Waals surface area contributed by atoms with Crippen molar-refractivity contribution in [1.82, 2.24) is 0 Å². The Morgan fingerprint density at radius 1 is 0.944 bits per heavy atom. The van der Waals surface area contributed by atoms with Crippen LogP contribution >= 0.6 is 0 Å². The summed E-state index contributed by atoms with van der Waals surface area (Å²) in [7, 11) is 0. The molecule has 2 aromatic rings. The molecular formula is C15H11F2N. The van der Waals surface area contributed by atoms with Crippen LogP contribution in [-0.4, -0.2) is 5.71 Å². The molecule has 2 aromatic carbocycles. The van der Waals surface area contributed by atoms with Gasteiger partial charge in [-0.05, 0) is 42.7 Å². The molecule has 0 atom stereocenters. The van der Waals surface area contributed by atoms with E-state index in [1.54, 1.807) is 18.2 Å². The highest BCUT2D eigenvalue weighted by molar-refractivity contribution is 6.05. The van der Waals surface area contributed by atoms with Gasteiger partial charge in [-0.1, -0.05) is 18.2 Å². The van der Waals surface area contributed by atoms with E-state index in [0.29, 0.717) is 24.1 Å². The second-order valence-corrected chi connectivity index (χ2v) is 4.30. The molecule has 0 spiro atoms. The molecule has 0 amide bonds. The van der Waals surface area contributed by atoms with Gasteiger partial charge in [-0.3, -0.25) is 4.99 Å². The van der Waals surface area contributed by atoms with Crippen LogP contribution < -0.4 is 0 Å². The third-order valence-corrected chi connectivity index (χ3v) is 3.11. The quantitative estimate of drug-likeness (QED) is 0.717. The SMILES string of the molecule is Fc1cccc(N=C2CCc3c(F)cccc32)c1. The zero-order chi connectivity index (χ0) is 12.5. The van der Waals surface area contributed by atoms with Gasteiger partial charge < -0.3 is 0 Å². The Labute approximate surface area is 104 Å². The first-order valence-corrected chi connectivity index (χ1v) is 5.85. The van der Waals surface area contributed by atoms with E-state index in [0.717, 1.165) is 11.3 Å². The first kappa shape index (κ1) is 11.1. The molecule has 0 bridgehead atoms. The normalized spacial score (nSPS) is 16.0. The summed E-state index contributed by atoms with van der Waals surface area (Å²) < 4.78 is 26.6. The summed E-state index contributed by atoms with van der Waals surface area (Å²) in [5.41, 5.74) is 2.96. The third-order valence-electron chi connectivity index (χ3n) is 3.11. The number of hydrogen-bond donors (Lipinski definition) is 0. The lowest BCUT2D eigenvalue weighted by Gasteiger charge is -2.01. The van der Waals surface area contributed by atoms with Crippen LogP contribution in [0.1, 0.15) is 17.5 Å². The largest absolute Gasteiger partial charge is 0.253 e. The lowest BCUT2D eigenvalue weighted by atomic mass is 10.1. The second-order valence-electron chi connectivity index (χ2n) is 4.30. The zero-order valence-electron chi connectivity index (χ0n) is 9.66. The van der Waals surface area contributed by atoms with Gasteiger partial charge in [-0.15, -0.1) is 0 Å². The molecule has 90 valence electrons. The lowest BCUT2D eigenvalue weighted by Crippen LogP contribution is -1.94. The van der Waals surface area contributed by atoms with Gasteiger partial charge >= 0.3 is 0 Å². The van der Waals surface area contributed by atoms with E-state index in [9.17, 15) is 8.78 Å². The Hall–Kier alpha value is -2.03. The molecular weight excluding hydrogens is 232 g/mol. The van der Waals surface area contributed by atoms with Crippen molar-refractivity contribution >= 4 is 11.4 Å². The first-order chi connectivity index (χ1) is 8.74. The summed E-state index contributed by atoms with van der Waals surface area (Å²) in [6, 6.07) is 11.1. The topological polar surface area (TPSA) is 12.4 Å². The molecule has 3 heteroatoms. The van der Waals surface area contributed by atoms with Gasteiger partial charge in [0, 0.05) is 11.3 Å². The number of fused-ring (bicyclic) bond motifs is 1. The van der Waals surface area contributed by atoms with Crippen LogP contribution in [0.15, 0.2) is 47.5 Å². The number of halogens is 2. The average molecular weight is 243 g/mol. The van der Waals surface area contributed by atoms with Crippen LogP contribution in [0.2, 0.25) is 0 Å². The van der Waals surface area contributed by atoms with Gasteiger partial charge in [0.2, 0.25) is 0 Å². The van der Waals surface area contributed by atoms with Gasteiger partial charge in [0.15, 0.2) is 0 Å². The summed E-state index contributed by atoms with van der Waals surface area (Å²) >= 11 is 0.